The number of amides is 2. The molecule has 1 atom stereocenters. The molecule has 0 aliphatic carbocycles. The second kappa shape index (κ2) is 10.4. The van der Waals surface area contributed by atoms with Crippen LogP contribution in [0.5, 0.6) is 11.5 Å². The number of anilines is 2. The minimum atomic E-state index is -0.196. The molecule has 190 valence electrons. The number of rotatable bonds is 7. The zero-order valence-corrected chi connectivity index (χ0v) is 21.2. The molecule has 10 heteroatoms. The number of carbonyl (C=O) groups excluding carboxylic acids is 2. The molecule has 0 saturated carbocycles. The Balaban J connectivity index is 1.51. The lowest BCUT2D eigenvalue weighted by Gasteiger charge is -2.39. The van der Waals surface area contributed by atoms with Crippen molar-refractivity contribution in [3.8, 4) is 34.6 Å². The predicted molar refractivity (Wildman–Crippen MR) is 140 cm³/mol. The second-order valence-electron chi connectivity index (χ2n) is 8.68. The fraction of sp³-hybridized carbons (Fsp3) is 0.296. The maximum absolute atomic E-state index is 12.9. The summed E-state index contributed by atoms with van der Waals surface area (Å²) in [4.78, 5) is 34.5. The van der Waals surface area contributed by atoms with E-state index in [9.17, 15) is 9.59 Å². The molecule has 37 heavy (non-hydrogen) atoms. The molecule has 0 unspecified atom stereocenters. The monoisotopic (exact) mass is 519 g/mol. The maximum Gasteiger partial charge on any atom is 0.298 e. The Morgan fingerprint density at radius 1 is 1.35 bits per heavy atom. The summed E-state index contributed by atoms with van der Waals surface area (Å²) in [5.41, 5.74) is 3.96. The van der Waals surface area contributed by atoms with Crippen LogP contribution in [0, 0.1) is 11.8 Å². The van der Waals surface area contributed by atoms with Crippen molar-refractivity contribution in [3.05, 3.63) is 52.9 Å². The van der Waals surface area contributed by atoms with Crippen LogP contribution in [0.2, 0.25) is 5.02 Å². The number of benzene rings is 1. The Labute approximate surface area is 219 Å². The fourth-order valence-corrected chi connectivity index (χ4v) is 4.86. The molecule has 5 rings (SSSR count). The third kappa shape index (κ3) is 4.68. The molecule has 1 aromatic carbocycles. The summed E-state index contributed by atoms with van der Waals surface area (Å²) < 4.78 is 11.7. The number of likely N-dealkylation sites (tertiary alicyclic amines) is 1. The Hall–Kier alpha value is -4.16. The summed E-state index contributed by atoms with van der Waals surface area (Å²) in [6.07, 6.45) is 4.80. The molecule has 0 bridgehead atoms. The van der Waals surface area contributed by atoms with Crippen LogP contribution in [0.3, 0.4) is 0 Å². The number of para-hydroxylation sites is 1. The van der Waals surface area contributed by atoms with Gasteiger partial charge in [-0.3, -0.25) is 14.6 Å². The van der Waals surface area contributed by atoms with Gasteiger partial charge in [0.1, 0.15) is 12.4 Å². The van der Waals surface area contributed by atoms with Gasteiger partial charge in [0.15, 0.2) is 5.75 Å². The van der Waals surface area contributed by atoms with Gasteiger partial charge in [0.25, 0.3) is 11.8 Å². The smallest absolute Gasteiger partial charge is 0.298 e. The molecular weight excluding hydrogens is 494 g/mol. The third-order valence-corrected chi connectivity index (χ3v) is 6.82. The number of ether oxygens (including phenoxy) is 2. The number of hydrogen-bond donors (Lipinski definition) is 3. The van der Waals surface area contributed by atoms with Crippen molar-refractivity contribution in [1.29, 1.82) is 0 Å². The summed E-state index contributed by atoms with van der Waals surface area (Å²) >= 11 is 6.35. The highest BCUT2D eigenvalue weighted by molar-refractivity contribution is 6.32. The van der Waals surface area contributed by atoms with Gasteiger partial charge in [0.2, 0.25) is 0 Å². The molecule has 9 nitrogen and oxygen atoms in total. The minimum absolute atomic E-state index is 0.0580. The standard InChI is InChI=1S/C27H26ClN5O4/c1-3-5-22(34)33-13-10-16(33)15-37-21-14-29-11-8-17(21)24-25(23-19(31-24)9-12-30-27(23)35)32-20-7-4-6-18(28)26(20)36-2/h4,6-8,11,14,16,31-32H,9-10,12-13,15H2,1-2H3,(H,30,35)/t16-/m1/s1. The average Bonchev–Trinajstić information content (AvgIpc) is 3.23. The lowest BCUT2D eigenvalue weighted by Crippen LogP contribution is -2.53. The molecule has 1 saturated heterocycles. The number of halogens is 1. The number of methoxy groups -OCH3 is 1. The minimum Gasteiger partial charge on any atom is -0.493 e. The first-order valence-corrected chi connectivity index (χ1v) is 12.3. The van der Waals surface area contributed by atoms with E-state index in [1.54, 1.807) is 37.4 Å². The van der Waals surface area contributed by atoms with Gasteiger partial charge in [-0.2, -0.15) is 0 Å². The van der Waals surface area contributed by atoms with Gasteiger partial charge < -0.3 is 30.0 Å². The first-order valence-electron chi connectivity index (χ1n) is 11.9. The zero-order valence-electron chi connectivity index (χ0n) is 20.5. The quantitative estimate of drug-likeness (QED) is 0.410. The second-order valence-corrected chi connectivity index (χ2v) is 9.09. The van der Waals surface area contributed by atoms with Crippen LogP contribution < -0.4 is 20.1 Å². The predicted octanol–water partition coefficient (Wildman–Crippen LogP) is 3.77. The number of nitrogens with one attached hydrogen (secondary N) is 3. The Morgan fingerprint density at radius 3 is 2.97 bits per heavy atom. The third-order valence-electron chi connectivity index (χ3n) is 6.52. The molecule has 3 aromatic rings. The van der Waals surface area contributed by atoms with Gasteiger partial charge in [0.05, 0.1) is 47.0 Å². The van der Waals surface area contributed by atoms with Crippen LogP contribution in [0.4, 0.5) is 11.4 Å². The van der Waals surface area contributed by atoms with E-state index in [0.29, 0.717) is 65.3 Å². The number of nitrogens with zero attached hydrogens (tertiary/aromatic N) is 2. The van der Waals surface area contributed by atoms with Crippen LogP contribution in [0.1, 0.15) is 29.4 Å². The molecule has 1 fully saturated rings. The highest BCUT2D eigenvalue weighted by atomic mass is 35.5. The van der Waals surface area contributed by atoms with Gasteiger partial charge >= 0.3 is 0 Å². The first kappa shape index (κ1) is 24.5. The van der Waals surface area contributed by atoms with Gasteiger partial charge in [-0.25, -0.2) is 0 Å². The maximum atomic E-state index is 12.9. The van der Waals surface area contributed by atoms with Crippen LogP contribution >= 0.6 is 11.6 Å². The van der Waals surface area contributed by atoms with E-state index in [1.165, 1.54) is 0 Å². The molecule has 4 heterocycles. The van der Waals surface area contributed by atoms with E-state index in [-0.39, 0.29) is 17.9 Å². The number of fused-ring (bicyclic) bond motifs is 1. The van der Waals surface area contributed by atoms with Crippen LogP contribution in [0.25, 0.3) is 11.3 Å². The van der Waals surface area contributed by atoms with Crippen LogP contribution in [0.15, 0.2) is 36.7 Å². The normalized spacial score (nSPS) is 16.0. The Morgan fingerprint density at radius 2 is 2.22 bits per heavy atom. The van der Waals surface area contributed by atoms with Crippen molar-refractivity contribution in [1.82, 2.24) is 20.2 Å². The largest absolute Gasteiger partial charge is 0.493 e. The summed E-state index contributed by atoms with van der Waals surface area (Å²) in [6.45, 7) is 3.15. The topological polar surface area (TPSA) is 109 Å². The van der Waals surface area contributed by atoms with Crippen molar-refractivity contribution < 1.29 is 19.1 Å². The molecule has 2 aromatic heterocycles. The Bertz CT molecular complexity index is 1420. The van der Waals surface area contributed by atoms with Gasteiger partial charge in [0, 0.05) is 37.0 Å². The van der Waals surface area contributed by atoms with Gasteiger partial charge in [-0.15, -0.1) is 0 Å². The lowest BCUT2D eigenvalue weighted by molar-refractivity contribution is -0.133. The molecular formula is C27H26ClN5O4. The van der Waals surface area contributed by atoms with Gasteiger partial charge in [-0.1, -0.05) is 23.6 Å². The van der Waals surface area contributed by atoms with Crippen molar-refractivity contribution in [2.24, 2.45) is 0 Å². The van der Waals surface area contributed by atoms with Crippen molar-refractivity contribution >= 4 is 34.8 Å². The summed E-state index contributed by atoms with van der Waals surface area (Å²) in [6, 6.07) is 7.15. The van der Waals surface area contributed by atoms with E-state index in [2.05, 4.69) is 32.4 Å². The molecule has 2 aliphatic heterocycles. The molecule has 0 spiro atoms. The van der Waals surface area contributed by atoms with Crippen molar-refractivity contribution in [2.45, 2.75) is 25.8 Å². The number of aromatic nitrogens is 2. The SMILES string of the molecule is CC#CC(=O)N1CC[C@@H]1COc1cnccc1-c1[nH]c2c(c1Nc1cccc(Cl)c1OC)C(=O)NCC2. The number of carbonyl (C=O) groups is 2. The number of hydrogen-bond acceptors (Lipinski definition) is 6. The number of H-pyrrole nitrogens is 1. The van der Waals surface area contributed by atoms with E-state index < -0.39 is 0 Å². The van der Waals surface area contributed by atoms with E-state index in [1.807, 2.05) is 18.2 Å². The summed E-state index contributed by atoms with van der Waals surface area (Å²) in [5.74, 6) is 5.87. The first-order chi connectivity index (χ1) is 18.0. The summed E-state index contributed by atoms with van der Waals surface area (Å²) in [7, 11) is 1.54. The Kier molecular flexibility index (Phi) is 6.93. The fourth-order valence-electron chi connectivity index (χ4n) is 4.60. The molecule has 3 N–H and O–H groups in total. The highest BCUT2D eigenvalue weighted by Crippen LogP contribution is 2.43. The molecule has 2 aliphatic rings. The number of pyridine rings is 1. The van der Waals surface area contributed by atoms with E-state index in [0.717, 1.165) is 17.7 Å². The lowest BCUT2D eigenvalue weighted by atomic mass is 10.0. The van der Waals surface area contributed by atoms with E-state index in [4.69, 9.17) is 21.1 Å². The van der Waals surface area contributed by atoms with Crippen LogP contribution in [-0.2, 0) is 11.2 Å². The molecule has 2 amide bonds. The van der Waals surface area contributed by atoms with E-state index >= 15 is 0 Å². The number of aromatic amines is 1. The van der Waals surface area contributed by atoms with Crippen LogP contribution in [-0.4, -0.2) is 59.5 Å². The van der Waals surface area contributed by atoms with Crippen molar-refractivity contribution in [2.75, 3.05) is 32.1 Å². The average molecular weight is 520 g/mol. The zero-order chi connectivity index (χ0) is 25.9. The molecule has 0 radical (unpaired) electrons. The van der Waals surface area contributed by atoms with Crippen molar-refractivity contribution in [3.63, 3.8) is 0 Å². The highest BCUT2D eigenvalue weighted by Gasteiger charge is 2.33. The van der Waals surface area contributed by atoms with Gasteiger partial charge in [-0.05, 0) is 37.5 Å². The summed E-state index contributed by atoms with van der Waals surface area (Å²) in [5, 5.41) is 6.74.